The average Bonchev–Trinajstić information content (AvgIpc) is 2.94. The van der Waals surface area contributed by atoms with Gasteiger partial charge in [0.1, 0.15) is 6.54 Å². The zero-order valence-electron chi connectivity index (χ0n) is 17.3. The highest BCUT2D eigenvalue weighted by atomic mass is 32.2. The highest BCUT2D eigenvalue weighted by molar-refractivity contribution is 7.92. The Balaban J connectivity index is 1.86. The van der Waals surface area contributed by atoms with E-state index < -0.39 is 22.5 Å². The van der Waals surface area contributed by atoms with E-state index in [0.29, 0.717) is 17.0 Å². The van der Waals surface area contributed by atoms with Gasteiger partial charge in [-0.05, 0) is 29.7 Å². The highest BCUT2D eigenvalue weighted by Gasteiger charge is 2.21. The second-order valence-electron chi connectivity index (χ2n) is 7.36. The van der Waals surface area contributed by atoms with Crippen LogP contribution in [0.15, 0.2) is 58.8 Å². The number of para-hydroxylation sites is 1. The summed E-state index contributed by atoms with van der Waals surface area (Å²) in [6, 6.07) is 14.2. The molecule has 2 aromatic carbocycles. The number of aromatic nitrogens is 1. The van der Waals surface area contributed by atoms with Crippen molar-refractivity contribution >= 4 is 38.2 Å². The van der Waals surface area contributed by atoms with Crippen LogP contribution in [-0.4, -0.2) is 36.8 Å². The summed E-state index contributed by atoms with van der Waals surface area (Å²) in [6.45, 7) is 3.58. The van der Waals surface area contributed by atoms with Crippen LogP contribution in [0.3, 0.4) is 0 Å². The topological polar surface area (TPSA) is 104 Å². The van der Waals surface area contributed by atoms with Gasteiger partial charge in [-0.2, -0.15) is 0 Å². The van der Waals surface area contributed by atoms with Gasteiger partial charge >= 0.3 is 0 Å². The number of carbonyl (C=O) groups is 1. The second kappa shape index (κ2) is 8.27. The number of rotatable bonds is 6. The number of sulfonamides is 1. The molecule has 0 aliphatic carbocycles. The Labute approximate surface area is 175 Å². The largest absolute Gasteiger partial charge is 0.493 e. The van der Waals surface area contributed by atoms with E-state index in [2.05, 4.69) is 10.2 Å². The maximum atomic E-state index is 12.4. The molecule has 0 atom stereocenters. The third-order valence-electron chi connectivity index (χ3n) is 4.84. The van der Waals surface area contributed by atoms with Crippen LogP contribution >= 0.6 is 0 Å². The fraction of sp³-hybridized carbons (Fsp3) is 0.286. The Hall–Kier alpha value is -3.20. The smallest absolute Gasteiger partial charge is 0.285 e. The highest BCUT2D eigenvalue weighted by Crippen LogP contribution is 2.37. The molecule has 1 heterocycles. The lowest BCUT2D eigenvalue weighted by molar-refractivity contribution is -0.116. The van der Waals surface area contributed by atoms with Gasteiger partial charge in [0, 0.05) is 12.4 Å². The first-order chi connectivity index (χ1) is 14.1. The first-order valence-corrected chi connectivity index (χ1v) is 11.2. The molecule has 158 valence electrons. The number of aryl methyl sites for hydroxylation is 1. The average molecular weight is 429 g/mol. The molecule has 1 N–H and O–H groups in total. The standard InChI is InChI=1S/C21H24N4O4S/c1-14(2)15-9-11-16(12-10-15)25(30(4,28)29)13-19(26)22-23-20-17-7-5-6-8-18(17)24(3)21(20)27/h5-12,14,27H,13H2,1-4H3. The Morgan fingerprint density at radius 2 is 1.77 bits per heavy atom. The van der Waals surface area contributed by atoms with Gasteiger partial charge < -0.3 is 9.67 Å². The minimum atomic E-state index is -3.71. The Bertz CT molecular complexity index is 1210. The molecule has 8 nitrogen and oxygen atoms in total. The fourth-order valence-electron chi connectivity index (χ4n) is 3.14. The molecule has 0 aliphatic rings. The van der Waals surface area contributed by atoms with E-state index >= 15 is 0 Å². The maximum absolute atomic E-state index is 12.4. The number of amides is 1. The first kappa shape index (κ1) is 21.5. The monoisotopic (exact) mass is 428 g/mol. The third kappa shape index (κ3) is 4.35. The zero-order valence-corrected chi connectivity index (χ0v) is 18.1. The SMILES string of the molecule is CC(C)c1ccc(N(CC(=O)N=Nc2c(O)n(C)c3ccccc23)S(C)(=O)=O)cc1. The van der Waals surface area contributed by atoms with Crippen molar-refractivity contribution in [1.82, 2.24) is 4.57 Å². The molecular weight excluding hydrogens is 404 g/mol. The number of hydrogen-bond donors (Lipinski definition) is 1. The molecule has 0 fully saturated rings. The lowest BCUT2D eigenvalue weighted by Gasteiger charge is -2.21. The number of hydrogen-bond acceptors (Lipinski definition) is 5. The minimum Gasteiger partial charge on any atom is -0.493 e. The van der Waals surface area contributed by atoms with E-state index in [9.17, 15) is 18.3 Å². The van der Waals surface area contributed by atoms with Gasteiger partial charge in [0.15, 0.2) is 5.69 Å². The lowest BCUT2D eigenvalue weighted by atomic mass is 10.0. The summed E-state index contributed by atoms with van der Waals surface area (Å²) >= 11 is 0. The normalized spacial score (nSPS) is 12.2. The molecule has 0 saturated carbocycles. The Kier molecular flexibility index (Phi) is 5.93. The summed E-state index contributed by atoms with van der Waals surface area (Å²) in [4.78, 5) is 12.4. The Morgan fingerprint density at radius 1 is 1.13 bits per heavy atom. The van der Waals surface area contributed by atoms with Crippen LogP contribution in [0.4, 0.5) is 11.4 Å². The molecule has 0 aliphatic heterocycles. The van der Waals surface area contributed by atoms with E-state index in [1.807, 2.05) is 38.1 Å². The summed E-state index contributed by atoms with van der Waals surface area (Å²) in [6.07, 6.45) is 1.03. The minimum absolute atomic E-state index is 0.128. The van der Waals surface area contributed by atoms with Crippen molar-refractivity contribution in [2.24, 2.45) is 17.3 Å². The van der Waals surface area contributed by atoms with Crippen LogP contribution in [0.2, 0.25) is 0 Å². The molecule has 3 aromatic rings. The van der Waals surface area contributed by atoms with Crippen LogP contribution in [0.25, 0.3) is 10.9 Å². The van der Waals surface area contributed by atoms with Gasteiger partial charge in [-0.1, -0.05) is 44.2 Å². The maximum Gasteiger partial charge on any atom is 0.285 e. The molecular formula is C21H24N4O4S. The first-order valence-electron chi connectivity index (χ1n) is 9.38. The van der Waals surface area contributed by atoms with Crippen molar-refractivity contribution in [3.63, 3.8) is 0 Å². The van der Waals surface area contributed by atoms with Crippen molar-refractivity contribution in [2.75, 3.05) is 17.1 Å². The van der Waals surface area contributed by atoms with E-state index in [1.54, 1.807) is 31.3 Å². The van der Waals surface area contributed by atoms with Crippen molar-refractivity contribution in [3.05, 3.63) is 54.1 Å². The molecule has 1 amide bonds. The molecule has 0 spiro atoms. The predicted octanol–water partition coefficient (Wildman–Crippen LogP) is 4.08. The molecule has 0 saturated heterocycles. The van der Waals surface area contributed by atoms with Crippen LogP contribution < -0.4 is 4.31 Å². The van der Waals surface area contributed by atoms with Gasteiger partial charge in [0.05, 0.1) is 17.5 Å². The van der Waals surface area contributed by atoms with Crippen molar-refractivity contribution in [3.8, 4) is 5.88 Å². The van der Waals surface area contributed by atoms with Gasteiger partial charge in [-0.3, -0.25) is 9.10 Å². The second-order valence-corrected chi connectivity index (χ2v) is 9.26. The van der Waals surface area contributed by atoms with E-state index in [0.717, 1.165) is 21.6 Å². The number of aromatic hydroxyl groups is 1. The molecule has 3 rings (SSSR count). The van der Waals surface area contributed by atoms with Gasteiger partial charge in [0.25, 0.3) is 5.91 Å². The Morgan fingerprint density at radius 3 is 2.37 bits per heavy atom. The molecule has 0 bridgehead atoms. The molecule has 1 aromatic heterocycles. The lowest BCUT2D eigenvalue weighted by Crippen LogP contribution is -2.34. The summed E-state index contributed by atoms with van der Waals surface area (Å²) in [5, 5.41) is 18.5. The van der Waals surface area contributed by atoms with Crippen LogP contribution in [0.1, 0.15) is 25.3 Å². The van der Waals surface area contributed by atoms with Crippen LogP contribution in [0, 0.1) is 0 Å². The molecule has 0 unspecified atom stereocenters. The predicted molar refractivity (Wildman–Crippen MR) is 117 cm³/mol. The zero-order chi connectivity index (χ0) is 22.1. The van der Waals surface area contributed by atoms with Gasteiger partial charge in [-0.25, -0.2) is 8.42 Å². The summed E-state index contributed by atoms with van der Waals surface area (Å²) in [7, 11) is -2.04. The third-order valence-corrected chi connectivity index (χ3v) is 5.98. The van der Waals surface area contributed by atoms with Crippen LogP contribution in [-0.2, 0) is 21.9 Å². The fourth-order valence-corrected chi connectivity index (χ4v) is 3.99. The summed E-state index contributed by atoms with van der Waals surface area (Å²) < 4.78 is 27.0. The number of nitrogens with zero attached hydrogens (tertiary/aromatic N) is 4. The summed E-state index contributed by atoms with van der Waals surface area (Å²) in [5.41, 5.74) is 2.33. The van der Waals surface area contributed by atoms with Crippen molar-refractivity contribution in [2.45, 2.75) is 19.8 Å². The van der Waals surface area contributed by atoms with Gasteiger partial charge in [-0.15, -0.1) is 10.2 Å². The van der Waals surface area contributed by atoms with E-state index in [4.69, 9.17) is 0 Å². The number of fused-ring (bicyclic) bond motifs is 1. The quantitative estimate of drug-likeness (QED) is 0.597. The van der Waals surface area contributed by atoms with Crippen LogP contribution in [0.5, 0.6) is 5.88 Å². The van der Waals surface area contributed by atoms with Crippen molar-refractivity contribution < 1.29 is 18.3 Å². The number of azo groups is 1. The number of anilines is 1. The number of benzene rings is 2. The van der Waals surface area contributed by atoms with E-state index in [1.165, 1.54) is 4.57 Å². The molecule has 30 heavy (non-hydrogen) atoms. The molecule has 9 heteroatoms. The number of carbonyl (C=O) groups excluding carboxylic acids is 1. The van der Waals surface area contributed by atoms with Gasteiger partial charge in [0.2, 0.25) is 15.9 Å². The van der Waals surface area contributed by atoms with Crippen molar-refractivity contribution in [1.29, 1.82) is 0 Å². The molecule has 0 radical (unpaired) electrons. The summed E-state index contributed by atoms with van der Waals surface area (Å²) in [5.74, 6) is -0.577. The van der Waals surface area contributed by atoms with E-state index in [-0.39, 0.29) is 11.6 Å².